The van der Waals surface area contributed by atoms with Crippen molar-refractivity contribution in [2.75, 3.05) is 0 Å². The third kappa shape index (κ3) is 4.46. The highest BCUT2D eigenvalue weighted by Crippen LogP contribution is 2.14. The molecule has 0 bridgehead atoms. The largest absolute Gasteiger partial charge is 0.363 e. The Kier molecular flexibility index (Phi) is 5.76. The third-order valence-corrected chi connectivity index (χ3v) is 3.71. The molecule has 0 spiro atoms. The molecule has 0 unspecified atom stereocenters. The number of nitrogens with two attached hydrogens (primary N) is 1. The van der Waals surface area contributed by atoms with Gasteiger partial charge < -0.3 is 11.1 Å². The molecular weight excluding hydrogens is 326 g/mol. The van der Waals surface area contributed by atoms with E-state index in [-0.39, 0.29) is 17.0 Å². The first-order valence-electron chi connectivity index (χ1n) is 7.12. The zero-order valence-electron chi connectivity index (χ0n) is 12.7. The molecule has 0 heterocycles. The summed E-state index contributed by atoms with van der Waals surface area (Å²) in [6.07, 6.45) is 0.133. The van der Waals surface area contributed by atoms with Crippen LogP contribution in [-0.4, -0.2) is 31.5 Å². The van der Waals surface area contributed by atoms with E-state index in [4.69, 9.17) is 25.2 Å². The van der Waals surface area contributed by atoms with Gasteiger partial charge >= 0.3 is 0 Å². The predicted octanol–water partition coefficient (Wildman–Crippen LogP) is 0.529. The van der Waals surface area contributed by atoms with Gasteiger partial charge in [-0.3, -0.25) is 14.4 Å². The number of ketones is 1. The molecule has 3 N–H and O–H groups in total. The van der Waals surface area contributed by atoms with Crippen LogP contribution < -0.4 is 16.5 Å². The average molecular weight is 341 g/mol. The maximum atomic E-state index is 12.4. The molecule has 0 aromatic heterocycles. The van der Waals surface area contributed by atoms with Crippen molar-refractivity contribution in [2.45, 2.75) is 12.5 Å². The summed E-state index contributed by atoms with van der Waals surface area (Å²) in [5.74, 6) is -2.61. The standard InChI is InChI=1S/C17H14BClN2O3/c18-11-6-7-13(19)12(9-11)17(24)21-14(15(22)16(20)23)8-10-4-2-1-3-5-10/h1-7,9,14H,8H2,(H2,20,23)(H,21,24)/t14-/m0/s1. The van der Waals surface area contributed by atoms with E-state index in [2.05, 4.69) is 5.32 Å². The number of primary amides is 1. The fourth-order valence-corrected chi connectivity index (χ4v) is 2.39. The van der Waals surface area contributed by atoms with Crippen LogP contribution in [-0.2, 0) is 16.0 Å². The number of hydrogen-bond acceptors (Lipinski definition) is 3. The van der Waals surface area contributed by atoms with Crippen LogP contribution in [0.25, 0.3) is 0 Å². The molecule has 0 fully saturated rings. The third-order valence-electron chi connectivity index (χ3n) is 3.38. The van der Waals surface area contributed by atoms with Crippen molar-refractivity contribution in [3.05, 3.63) is 64.7 Å². The molecule has 0 aliphatic carbocycles. The number of rotatable bonds is 6. The second kappa shape index (κ2) is 7.79. The number of halogens is 1. The van der Waals surface area contributed by atoms with E-state index in [1.807, 2.05) is 6.07 Å². The molecule has 7 heteroatoms. The quantitative estimate of drug-likeness (QED) is 0.594. The van der Waals surface area contributed by atoms with Gasteiger partial charge in [-0.05, 0) is 11.6 Å². The molecular formula is C17H14BClN2O3. The molecule has 2 amide bonds. The van der Waals surface area contributed by atoms with E-state index in [1.165, 1.54) is 12.1 Å². The zero-order valence-corrected chi connectivity index (χ0v) is 13.4. The molecule has 0 aliphatic heterocycles. The molecule has 1 atom stereocenters. The van der Waals surface area contributed by atoms with E-state index in [0.29, 0.717) is 5.46 Å². The van der Waals surface area contributed by atoms with Gasteiger partial charge in [0.15, 0.2) is 0 Å². The lowest BCUT2D eigenvalue weighted by Gasteiger charge is -2.17. The number of benzene rings is 2. The summed E-state index contributed by atoms with van der Waals surface area (Å²) in [4.78, 5) is 35.7. The summed E-state index contributed by atoms with van der Waals surface area (Å²) in [6, 6.07) is 12.3. The van der Waals surface area contributed by atoms with Crippen LogP contribution in [0.2, 0.25) is 5.02 Å². The predicted molar refractivity (Wildman–Crippen MR) is 92.4 cm³/mol. The molecule has 2 aromatic carbocycles. The van der Waals surface area contributed by atoms with E-state index in [0.717, 1.165) is 5.56 Å². The molecule has 0 saturated carbocycles. The minimum Gasteiger partial charge on any atom is -0.363 e. The Morgan fingerprint density at radius 1 is 1.12 bits per heavy atom. The molecule has 2 aromatic rings. The minimum absolute atomic E-state index is 0.118. The van der Waals surface area contributed by atoms with Crippen molar-refractivity contribution < 1.29 is 14.4 Å². The Balaban J connectivity index is 2.24. The fraction of sp³-hybridized carbons (Fsp3) is 0.118. The Labute approximate surface area is 145 Å². The number of hydrogen-bond donors (Lipinski definition) is 2. The Bertz CT molecular complexity index is 781. The van der Waals surface area contributed by atoms with Crippen molar-refractivity contribution in [1.29, 1.82) is 0 Å². The average Bonchev–Trinajstić information content (AvgIpc) is 2.56. The van der Waals surface area contributed by atoms with Gasteiger partial charge in [0.25, 0.3) is 11.8 Å². The smallest absolute Gasteiger partial charge is 0.287 e. The minimum atomic E-state index is -1.12. The highest BCUT2D eigenvalue weighted by molar-refractivity contribution is 6.39. The first kappa shape index (κ1) is 17.8. The van der Waals surface area contributed by atoms with Crippen LogP contribution in [0.3, 0.4) is 0 Å². The SMILES string of the molecule is [B]c1ccc(Cl)c(C(=O)N[C@@H](Cc2ccccc2)C(=O)C(N)=O)c1. The number of carbonyl (C=O) groups excluding carboxylic acids is 3. The van der Waals surface area contributed by atoms with Crippen LogP contribution in [0.5, 0.6) is 0 Å². The molecule has 24 heavy (non-hydrogen) atoms. The molecule has 0 aliphatic rings. The Morgan fingerprint density at radius 3 is 2.42 bits per heavy atom. The second-order valence-electron chi connectivity index (χ2n) is 5.18. The molecule has 120 valence electrons. The van der Waals surface area contributed by atoms with Crippen molar-refractivity contribution >= 4 is 42.5 Å². The first-order valence-corrected chi connectivity index (χ1v) is 7.49. The Morgan fingerprint density at radius 2 is 1.79 bits per heavy atom. The van der Waals surface area contributed by atoms with Crippen molar-refractivity contribution in [1.82, 2.24) is 5.32 Å². The van der Waals surface area contributed by atoms with E-state index in [1.54, 1.807) is 30.3 Å². The van der Waals surface area contributed by atoms with Gasteiger partial charge in [-0.25, -0.2) is 0 Å². The summed E-state index contributed by atoms with van der Waals surface area (Å²) < 4.78 is 0. The van der Waals surface area contributed by atoms with Crippen molar-refractivity contribution in [3.63, 3.8) is 0 Å². The maximum Gasteiger partial charge on any atom is 0.287 e. The molecule has 2 rings (SSSR count). The lowest BCUT2D eigenvalue weighted by Crippen LogP contribution is -2.47. The zero-order chi connectivity index (χ0) is 17.7. The number of carbonyl (C=O) groups is 3. The monoisotopic (exact) mass is 340 g/mol. The molecule has 0 saturated heterocycles. The van der Waals surface area contributed by atoms with Crippen molar-refractivity contribution in [2.24, 2.45) is 5.73 Å². The van der Waals surface area contributed by atoms with Crippen LogP contribution in [0, 0.1) is 0 Å². The lowest BCUT2D eigenvalue weighted by atomic mass is 9.94. The highest BCUT2D eigenvalue weighted by atomic mass is 35.5. The first-order chi connectivity index (χ1) is 11.4. The second-order valence-corrected chi connectivity index (χ2v) is 5.59. The highest BCUT2D eigenvalue weighted by Gasteiger charge is 2.26. The van der Waals surface area contributed by atoms with E-state index >= 15 is 0 Å². The Hall–Kier alpha value is -2.60. The number of amides is 2. The molecule has 2 radical (unpaired) electrons. The van der Waals surface area contributed by atoms with Crippen molar-refractivity contribution in [3.8, 4) is 0 Å². The van der Waals surface area contributed by atoms with Gasteiger partial charge in [0.1, 0.15) is 13.9 Å². The fourth-order valence-electron chi connectivity index (χ4n) is 2.18. The maximum absolute atomic E-state index is 12.4. The lowest BCUT2D eigenvalue weighted by molar-refractivity contribution is -0.137. The van der Waals surface area contributed by atoms with E-state index in [9.17, 15) is 14.4 Å². The van der Waals surface area contributed by atoms with Gasteiger partial charge in [0, 0.05) is 6.42 Å². The normalized spacial score (nSPS) is 11.5. The van der Waals surface area contributed by atoms with Crippen LogP contribution in [0.1, 0.15) is 15.9 Å². The van der Waals surface area contributed by atoms with E-state index < -0.39 is 23.6 Å². The van der Waals surface area contributed by atoms with Gasteiger partial charge in [0.2, 0.25) is 5.78 Å². The summed E-state index contributed by atoms with van der Waals surface area (Å²) in [6.45, 7) is 0. The van der Waals surface area contributed by atoms with Crippen LogP contribution in [0.4, 0.5) is 0 Å². The van der Waals surface area contributed by atoms with Crippen LogP contribution >= 0.6 is 11.6 Å². The summed E-state index contributed by atoms with van der Waals surface area (Å²) in [5, 5.41) is 2.69. The topological polar surface area (TPSA) is 89.3 Å². The summed E-state index contributed by atoms with van der Waals surface area (Å²) in [5.41, 5.74) is 6.32. The number of nitrogens with one attached hydrogen (secondary N) is 1. The molecule has 5 nitrogen and oxygen atoms in total. The number of Topliss-reactive ketones (excluding diaryl/α,β-unsaturated/α-hetero) is 1. The van der Waals surface area contributed by atoms with Crippen LogP contribution in [0.15, 0.2) is 48.5 Å². The summed E-state index contributed by atoms with van der Waals surface area (Å²) >= 11 is 5.98. The van der Waals surface area contributed by atoms with Gasteiger partial charge in [-0.2, -0.15) is 0 Å². The van der Waals surface area contributed by atoms with Gasteiger partial charge in [0.05, 0.1) is 10.6 Å². The van der Waals surface area contributed by atoms with Gasteiger partial charge in [-0.1, -0.05) is 59.5 Å². The van der Waals surface area contributed by atoms with Gasteiger partial charge in [-0.15, -0.1) is 0 Å². The summed E-state index contributed by atoms with van der Waals surface area (Å²) in [7, 11) is 5.65.